The third-order valence-corrected chi connectivity index (χ3v) is 2.98. The van der Waals surface area contributed by atoms with Gasteiger partial charge < -0.3 is 14.6 Å². The van der Waals surface area contributed by atoms with E-state index in [4.69, 9.17) is 10.2 Å². The summed E-state index contributed by atoms with van der Waals surface area (Å²) in [5.41, 5.74) is 9.54. The number of oxazole rings is 1. The first-order valence-electron chi connectivity index (χ1n) is 5.75. The van der Waals surface area contributed by atoms with E-state index in [1.54, 1.807) is 12.4 Å². The quantitative estimate of drug-likeness (QED) is 0.560. The summed E-state index contributed by atoms with van der Waals surface area (Å²) in [5.74, 6) is 0. The number of aromatic nitrogens is 4. The molecule has 2 N–H and O–H groups in total. The largest absolute Gasteiger partial charge is 0.424 e. The number of rotatable bonds is 1. The van der Waals surface area contributed by atoms with Gasteiger partial charge in [0, 0.05) is 24.2 Å². The fraction of sp³-hybridized carbons (Fsp3) is 0. The van der Waals surface area contributed by atoms with Crippen molar-refractivity contribution in [1.82, 2.24) is 19.4 Å². The zero-order valence-electron chi connectivity index (χ0n) is 9.82. The zero-order valence-corrected chi connectivity index (χ0v) is 9.82. The summed E-state index contributed by atoms with van der Waals surface area (Å²) in [4.78, 5) is 12.7. The van der Waals surface area contributed by atoms with Gasteiger partial charge in [0.25, 0.3) is 6.01 Å². The fourth-order valence-electron chi connectivity index (χ4n) is 2.08. The number of hydrogen-bond acceptors (Lipinski definition) is 5. The van der Waals surface area contributed by atoms with Crippen LogP contribution in [0.15, 0.2) is 47.4 Å². The SMILES string of the molecule is Nc1nc2cc(-c3cn4ccnc4cn3)ccc2o1. The average Bonchev–Trinajstić information content (AvgIpc) is 3.01. The average molecular weight is 251 g/mol. The molecule has 1 aromatic carbocycles. The molecule has 0 spiro atoms. The lowest BCUT2D eigenvalue weighted by atomic mass is 10.1. The molecule has 0 radical (unpaired) electrons. The normalized spacial score (nSPS) is 11.4. The van der Waals surface area contributed by atoms with Gasteiger partial charge in [-0.25, -0.2) is 4.98 Å². The Morgan fingerprint density at radius 1 is 1.21 bits per heavy atom. The first-order chi connectivity index (χ1) is 9.29. The van der Waals surface area contributed by atoms with Gasteiger partial charge in [0.1, 0.15) is 5.52 Å². The first kappa shape index (κ1) is 10.1. The molecule has 92 valence electrons. The highest BCUT2D eigenvalue weighted by atomic mass is 16.4. The van der Waals surface area contributed by atoms with E-state index in [0.29, 0.717) is 5.58 Å². The molecule has 0 aliphatic heterocycles. The van der Waals surface area contributed by atoms with Gasteiger partial charge in [-0.15, -0.1) is 0 Å². The highest BCUT2D eigenvalue weighted by Gasteiger charge is 2.07. The summed E-state index contributed by atoms with van der Waals surface area (Å²) in [6.45, 7) is 0. The van der Waals surface area contributed by atoms with Crippen LogP contribution in [0.2, 0.25) is 0 Å². The van der Waals surface area contributed by atoms with Crippen molar-refractivity contribution in [1.29, 1.82) is 0 Å². The Bertz CT molecular complexity index is 892. The van der Waals surface area contributed by atoms with Gasteiger partial charge in [-0.1, -0.05) is 0 Å². The first-order valence-corrected chi connectivity index (χ1v) is 5.75. The van der Waals surface area contributed by atoms with E-state index in [0.717, 1.165) is 22.4 Å². The minimum absolute atomic E-state index is 0.171. The molecule has 0 amide bonds. The molecule has 0 bridgehead atoms. The summed E-state index contributed by atoms with van der Waals surface area (Å²) in [5, 5.41) is 0. The molecule has 0 unspecified atom stereocenters. The molecule has 0 saturated heterocycles. The van der Waals surface area contributed by atoms with Crippen LogP contribution in [0.1, 0.15) is 0 Å². The van der Waals surface area contributed by atoms with Crippen LogP contribution in [-0.4, -0.2) is 19.4 Å². The Kier molecular flexibility index (Phi) is 1.88. The Labute approximate surface area is 107 Å². The van der Waals surface area contributed by atoms with Gasteiger partial charge in [0.2, 0.25) is 0 Å². The number of nitrogens with zero attached hydrogens (tertiary/aromatic N) is 4. The maximum absolute atomic E-state index is 5.53. The molecule has 4 aromatic rings. The summed E-state index contributed by atoms with van der Waals surface area (Å²) >= 11 is 0. The molecule has 0 atom stereocenters. The van der Waals surface area contributed by atoms with Crippen molar-refractivity contribution < 1.29 is 4.42 Å². The van der Waals surface area contributed by atoms with E-state index < -0.39 is 0 Å². The smallest absolute Gasteiger partial charge is 0.292 e. The molecule has 6 nitrogen and oxygen atoms in total. The number of nitrogens with two attached hydrogens (primary N) is 1. The van der Waals surface area contributed by atoms with Crippen LogP contribution < -0.4 is 5.73 Å². The molecule has 6 heteroatoms. The predicted octanol–water partition coefficient (Wildman–Crippen LogP) is 2.12. The maximum Gasteiger partial charge on any atom is 0.292 e. The minimum atomic E-state index is 0.171. The lowest BCUT2D eigenvalue weighted by Crippen LogP contribution is -1.89. The molecule has 3 aromatic heterocycles. The van der Waals surface area contributed by atoms with Gasteiger partial charge in [0.05, 0.1) is 11.9 Å². The van der Waals surface area contributed by atoms with Crippen molar-refractivity contribution >= 4 is 22.8 Å². The second kappa shape index (κ2) is 3.55. The number of fused-ring (bicyclic) bond motifs is 2. The molecular weight excluding hydrogens is 242 g/mol. The number of nitrogen functional groups attached to an aromatic ring is 1. The van der Waals surface area contributed by atoms with Crippen LogP contribution in [0, 0.1) is 0 Å². The zero-order chi connectivity index (χ0) is 12.8. The monoisotopic (exact) mass is 251 g/mol. The number of imidazole rings is 1. The lowest BCUT2D eigenvalue weighted by molar-refractivity contribution is 0.626. The standard InChI is InChI=1S/C13H9N5O/c14-13-17-9-5-8(1-2-11(9)19-13)10-7-18-4-3-15-12(18)6-16-10/h1-7H,(H2,14,17). The summed E-state index contributed by atoms with van der Waals surface area (Å²) in [6, 6.07) is 5.84. The van der Waals surface area contributed by atoms with E-state index in [-0.39, 0.29) is 6.01 Å². The van der Waals surface area contributed by atoms with Gasteiger partial charge >= 0.3 is 0 Å². The van der Waals surface area contributed by atoms with Crippen molar-refractivity contribution in [3.05, 3.63) is 43.0 Å². The van der Waals surface area contributed by atoms with Gasteiger partial charge in [-0.3, -0.25) is 4.98 Å². The third-order valence-electron chi connectivity index (χ3n) is 2.98. The topological polar surface area (TPSA) is 82.2 Å². The molecule has 4 rings (SSSR count). The van der Waals surface area contributed by atoms with Gasteiger partial charge in [0.15, 0.2) is 11.2 Å². The van der Waals surface area contributed by atoms with Gasteiger partial charge in [-0.2, -0.15) is 4.98 Å². The molecule has 0 aliphatic rings. The van der Waals surface area contributed by atoms with Crippen LogP contribution >= 0.6 is 0 Å². The summed E-state index contributed by atoms with van der Waals surface area (Å²) in [6.07, 6.45) is 7.28. The Hall–Kier alpha value is -2.89. The van der Waals surface area contributed by atoms with Gasteiger partial charge in [-0.05, 0) is 18.2 Å². The van der Waals surface area contributed by atoms with Crippen molar-refractivity contribution in [3.63, 3.8) is 0 Å². The van der Waals surface area contributed by atoms with E-state index in [9.17, 15) is 0 Å². The molecular formula is C13H9N5O. The molecule has 0 fully saturated rings. The Morgan fingerprint density at radius 3 is 3.11 bits per heavy atom. The number of anilines is 1. The third kappa shape index (κ3) is 1.54. The van der Waals surface area contributed by atoms with Crippen LogP contribution in [0.5, 0.6) is 0 Å². The van der Waals surface area contributed by atoms with E-state index in [1.165, 1.54) is 0 Å². The fourth-order valence-corrected chi connectivity index (χ4v) is 2.08. The number of benzene rings is 1. The maximum atomic E-state index is 5.53. The molecule has 0 aliphatic carbocycles. The summed E-state index contributed by atoms with van der Waals surface area (Å²) in [7, 11) is 0. The highest BCUT2D eigenvalue weighted by molar-refractivity contribution is 5.80. The molecule has 19 heavy (non-hydrogen) atoms. The lowest BCUT2D eigenvalue weighted by Gasteiger charge is -2.01. The van der Waals surface area contributed by atoms with Crippen LogP contribution in [-0.2, 0) is 0 Å². The predicted molar refractivity (Wildman–Crippen MR) is 70.4 cm³/mol. The second-order valence-corrected chi connectivity index (χ2v) is 4.20. The van der Waals surface area contributed by atoms with Crippen LogP contribution in [0.4, 0.5) is 6.01 Å². The van der Waals surface area contributed by atoms with Crippen LogP contribution in [0.25, 0.3) is 28.0 Å². The van der Waals surface area contributed by atoms with E-state index in [1.807, 2.05) is 35.0 Å². The highest BCUT2D eigenvalue weighted by Crippen LogP contribution is 2.24. The molecule has 3 heterocycles. The summed E-state index contributed by atoms with van der Waals surface area (Å²) < 4.78 is 7.17. The Morgan fingerprint density at radius 2 is 2.16 bits per heavy atom. The van der Waals surface area contributed by atoms with Crippen molar-refractivity contribution in [3.8, 4) is 11.3 Å². The number of hydrogen-bond donors (Lipinski definition) is 1. The van der Waals surface area contributed by atoms with Crippen molar-refractivity contribution in [2.45, 2.75) is 0 Å². The molecule has 0 saturated carbocycles. The van der Waals surface area contributed by atoms with E-state index in [2.05, 4.69) is 15.0 Å². The second-order valence-electron chi connectivity index (χ2n) is 4.20. The van der Waals surface area contributed by atoms with Crippen molar-refractivity contribution in [2.75, 3.05) is 5.73 Å². The van der Waals surface area contributed by atoms with E-state index >= 15 is 0 Å². The van der Waals surface area contributed by atoms with Crippen LogP contribution in [0.3, 0.4) is 0 Å². The minimum Gasteiger partial charge on any atom is -0.424 e. The van der Waals surface area contributed by atoms with Crippen molar-refractivity contribution in [2.24, 2.45) is 0 Å². The Balaban J connectivity index is 1.91.